The number of pyridine rings is 1. The predicted molar refractivity (Wildman–Crippen MR) is 133 cm³/mol. The minimum atomic E-state index is -4.48. The third kappa shape index (κ3) is 5.43. The van der Waals surface area contributed by atoms with Gasteiger partial charge in [-0.25, -0.2) is 4.98 Å². The fourth-order valence-electron chi connectivity index (χ4n) is 5.01. The lowest BCUT2D eigenvalue weighted by Gasteiger charge is -2.34. The molecule has 1 saturated heterocycles. The summed E-state index contributed by atoms with van der Waals surface area (Å²) in [5.41, 5.74) is 1.15. The number of nitrogens with one attached hydrogen (secondary N) is 2. The van der Waals surface area contributed by atoms with Gasteiger partial charge in [-0.05, 0) is 69.1 Å². The molecule has 1 aliphatic carbocycles. The van der Waals surface area contributed by atoms with Gasteiger partial charge in [0.05, 0.1) is 0 Å². The van der Waals surface area contributed by atoms with Crippen LogP contribution in [0.4, 0.5) is 24.7 Å². The quantitative estimate of drug-likeness (QED) is 0.548. The lowest BCUT2D eigenvalue weighted by Crippen LogP contribution is -2.44. The first-order valence-corrected chi connectivity index (χ1v) is 12.4. The summed E-state index contributed by atoms with van der Waals surface area (Å²) in [7, 11) is 2.13. The molecule has 2 N–H and O–H groups in total. The maximum Gasteiger partial charge on any atom is 0.434 e. The van der Waals surface area contributed by atoms with Crippen LogP contribution in [0.3, 0.4) is 0 Å². The van der Waals surface area contributed by atoms with Gasteiger partial charge in [-0.3, -0.25) is 9.20 Å². The summed E-state index contributed by atoms with van der Waals surface area (Å²) in [6.07, 6.45) is -0.231. The normalized spacial score (nSPS) is 21.5. The maximum atomic E-state index is 13.1. The topological polar surface area (TPSA) is 64.9 Å². The highest BCUT2D eigenvalue weighted by atomic mass is 19.4. The van der Waals surface area contributed by atoms with Crippen LogP contribution in [0.2, 0.25) is 0 Å². The second-order valence-corrected chi connectivity index (χ2v) is 9.77. The molecule has 1 aliphatic heterocycles. The molecule has 1 saturated carbocycles. The summed E-state index contributed by atoms with van der Waals surface area (Å²) in [4.78, 5) is 21.1. The van der Waals surface area contributed by atoms with Gasteiger partial charge < -0.3 is 20.4 Å². The van der Waals surface area contributed by atoms with Crippen LogP contribution < -0.4 is 15.5 Å². The van der Waals surface area contributed by atoms with Crippen LogP contribution in [-0.4, -0.2) is 65.5 Å². The van der Waals surface area contributed by atoms with E-state index in [0.717, 1.165) is 63.7 Å². The zero-order valence-corrected chi connectivity index (χ0v) is 20.3. The van der Waals surface area contributed by atoms with E-state index in [0.29, 0.717) is 11.4 Å². The molecule has 5 rings (SSSR count). The molecule has 0 spiro atoms. The van der Waals surface area contributed by atoms with Crippen molar-refractivity contribution in [2.75, 3.05) is 43.4 Å². The average molecular weight is 501 g/mol. The largest absolute Gasteiger partial charge is 0.434 e. The smallest absolute Gasteiger partial charge is 0.369 e. The second-order valence-electron chi connectivity index (χ2n) is 9.77. The number of halogens is 3. The Balaban J connectivity index is 1.14. The Bertz CT molecular complexity index is 1190. The van der Waals surface area contributed by atoms with E-state index in [1.807, 2.05) is 24.3 Å². The molecule has 2 aromatic heterocycles. The standard InChI is InChI=1S/C26H31F3N6O/c1-33-13-15-34(16-14-33)21-11-5-18(6-12-21)25(36)31-20-9-7-19(8-10-20)30-23-3-2-4-24-32-22(17-35(23)24)26(27,28)29/h2-6,11-12,17,19-20,30H,7-10,13-16H2,1H3,(H,31,36). The number of fused-ring (bicyclic) bond motifs is 1. The molecule has 10 heteroatoms. The lowest BCUT2D eigenvalue weighted by atomic mass is 9.91. The Morgan fingerprint density at radius 3 is 2.28 bits per heavy atom. The van der Waals surface area contributed by atoms with Crippen LogP contribution in [0.5, 0.6) is 0 Å². The fraction of sp³-hybridized carbons (Fsp3) is 0.462. The van der Waals surface area contributed by atoms with Crippen molar-refractivity contribution in [1.82, 2.24) is 19.6 Å². The summed E-state index contributed by atoms with van der Waals surface area (Å²) in [5, 5.41) is 6.52. The number of carbonyl (C=O) groups is 1. The van der Waals surface area contributed by atoms with Crippen molar-refractivity contribution < 1.29 is 18.0 Å². The van der Waals surface area contributed by atoms with Crippen molar-refractivity contribution in [2.24, 2.45) is 0 Å². The number of likely N-dealkylation sites (N-methyl/N-ethyl adjacent to an activating group) is 1. The summed E-state index contributed by atoms with van der Waals surface area (Å²) < 4.78 is 40.7. The number of aromatic nitrogens is 2. The maximum absolute atomic E-state index is 13.1. The average Bonchev–Trinajstić information content (AvgIpc) is 3.32. The molecule has 2 aliphatic rings. The van der Waals surface area contributed by atoms with Crippen molar-refractivity contribution in [3.63, 3.8) is 0 Å². The van der Waals surface area contributed by atoms with Gasteiger partial charge in [0.2, 0.25) is 0 Å². The first-order valence-electron chi connectivity index (χ1n) is 12.4. The number of imidazole rings is 1. The fourth-order valence-corrected chi connectivity index (χ4v) is 5.01. The second kappa shape index (κ2) is 10.0. The van der Waals surface area contributed by atoms with Crippen LogP contribution in [0, 0.1) is 0 Å². The van der Waals surface area contributed by atoms with Crippen molar-refractivity contribution in [1.29, 1.82) is 0 Å². The number of carbonyl (C=O) groups excluding carboxylic acids is 1. The van der Waals surface area contributed by atoms with Crippen molar-refractivity contribution in [3.05, 3.63) is 59.9 Å². The van der Waals surface area contributed by atoms with E-state index in [1.165, 1.54) is 4.40 Å². The summed E-state index contributed by atoms with van der Waals surface area (Å²) in [6.45, 7) is 4.04. The van der Waals surface area contributed by atoms with Crippen molar-refractivity contribution >= 4 is 23.1 Å². The van der Waals surface area contributed by atoms with Crippen LogP contribution in [0.25, 0.3) is 5.65 Å². The van der Waals surface area contributed by atoms with E-state index >= 15 is 0 Å². The summed E-state index contributed by atoms with van der Waals surface area (Å²) in [6, 6.07) is 13.0. The van der Waals surface area contributed by atoms with Gasteiger partial charge in [0, 0.05) is 55.7 Å². The van der Waals surface area contributed by atoms with E-state index in [4.69, 9.17) is 0 Å². The molecule has 36 heavy (non-hydrogen) atoms. The van der Waals surface area contributed by atoms with Gasteiger partial charge in [-0.15, -0.1) is 0 Å². The van der Waals surface area contributed by atoms with Gasteiger partial charge >= 0.3 is 6.18 Å². The molecule has 1 amide bonds. The molecular weight excluding hydrogens is 469 g/mol. The van der Waals surface area contributed by atoms with Gasteiger partial charge in [-0.1, -0.05) is 6.07 Å². The number of amides is 1. The monoisotopic (exact) mass is 500 g/mol. The van der Waals surface area contributed by atoms with Gasteiger partial charge in [0.25, 0.3) is 5.91 Å². The third-order valence-corrected chi connectivity index (χ3v) is 7.19. The van der Waals surface area contributed by atoms with Crippen LogP contribution in [0.1, 0.15) is 41.7 Å². The molecule has 2 fully saturated rings. The molecule has 3 heterocycles. The number of benzene rings is 1. The summed E-state index contributed by atoms with van der Waals surface area (Å²) in [5.74, 6) is 0.516. The minimum absolute atomic E-state index is 0.0702. The molecule has 0 unspecified atom stereocenters. The SMILES string of the molecule is CN1CCN(c2ccc(C(=O)NC3CCC(Nc4cccc5nc(C(F)(F)F)cn45)CC3)cc2)CC1. The van der Waals surface area contributed by atoms with Gasteiger partial charge in [0.15, 0.2) is 5.69 Å². The number of anilines is 2. The highest BCUT2D eigenvalue weighted by Gasteiger charge is 2.34. The predicted octanol–water partition coefficient (Wildman–Crippen LogP) is 4.26. The Kier molecular flexibility index (Phi) is 6.79. The van der Waals surface area contributed by atoms with E-state index in [1.54, 1.807) is 18.2 Å². The molecule has 0 bridgehead atoms. The summed E-state index contributed by atoms with van der Waals surface area (Å²) >= 11 is 0. The Hall–Kier alpha value is -3.27. The van der Waals surface area contributed by atoms with E-state index in [2.05, 4.69) is 32.5 Å². The van der Waals surface area contributed by atoms with Crippen molar-refractivity contribution in [3.8, 4) is 0 Å². The van der Waals surface area contributed by atoms with Crippen LogP contribution in [-0.2, 0) is 6.18 Å². The Morgan fingerprint density at radius 2 is 1.61 bits per heavy atom. The van der Waals surface area contributed by atoms with Gasteiger partial charge in [0.1, 0.15) is 11.5 Å². The number of nitrogens with zero attached hydrogens (tertiary/aromatic N) is 4. The minimum Gasteiger partial charge on any atom is -0.369 e. The zero-order valence-electron chi connectivity index (χ0n) is 20.3. The number of hydrogen-bond donors (Lipinski definition) is 2. The lowest BCUT2D eigenvalue weighted by molar-refractivity contribution is -0.140. The molecule has 3 aromatic rings. The molecule has 1 aromatic carbocycles. The third-order valence-electron chi connectivity index (χ3n) is 7.19. The highest BCUT2D eigenvalue weighted by Crippen LogP contribution is 2.30. The zero-order chi connectivity index (χ0) is 25.3. The molecule has 192 valence electrons. The van der Waals surface area contributed by atoms with Gasteiger partial charge in [-0.2, -0.15) is 13.2 Å². The van der Waals surface area contributed by atoms with E-state index < -0.39 is 11.9 Å². The first kappa shape index (κ1) is 24.4. The number of rotatable bonds is 5. The molecule has 0 atom stereocenters. The number of piperazine rings is 1. The van der Waals surface area contributed by atoms with Crippen LogP contribution >= 0.6 is 0 Å². The van der Waals surface area contributed by atoms with Crippen LogP contribution in [0.15, 0.2) is 48.7 Å². The molecule has 7 nitrogen and oxygen atoms in total. The van der Waals surface area contributed by atoms with E-state index in [-0.39, 0.29) is 23.6 Å². The van der Waals surface area contributed by atoms with E-state index in [9.17, 15) is 18.0 Å². The first-order chi connectivity index (χ1) is 17.3. The highest BCUT2D eigenvalue weighted by molar-refractivity contribution is 5.94. The Labute approximate surface area is 208 Å². The number of hydrogen-bond acceptors (Lipinski definition) is 5. The number of alkyl halides is 3. The Morgan fingerprint density at radius 1 is 0.944 bits per heavy atom. The molecule has 0 radical (unpaired) electrons. The van der Waals surface area contributed by atoms with Crippen molar-refractivity contribution in [2.45, 2.75) is 43.9 Å². The molecular formula is C26H31F3N6O.